The van der Waals surface area contributed by atoms with Crippen LogP contribution in [0.1, 0.15) is 72.1 Å². The Kier molecular flexibility index (Phi) is 6.55. The van der Waals surface area contributed by atoms with E-state index in [9.17, 15) is 34.2 Å². The van der Waals surface area contributed by atoms with Crippen molar-refractivity contribution in [2.45, 2.75) is 72.1 Å². The first-order valence-electron chi connectivity index (χ1n) is 11.6. The molecule has 0 aromatic rings. The fourth-order valence-electron chi connectivity index (χ4n) is 7.48. The van der Waals surface area contributed by atoms with Crippen LogP contribution in [0, 0.1) is 46.3 Å². The monoisotopic (exact) mass is 450 g/mol. The van der Waals surface area contributed by atoms with Gasteiger partial charge in [0, 0.05) is 37.0 Å². The third-order valence-electron chi connectivity index (χ3n) is 9.30. The van der Waals surface area contributed by atoms with Gasteiger partial charge in [-0.25, -0.2) is 0 Å². The molecule has 0 aromatic heterocycles. The molecule has 0 spiro atoms. The Hall–Kier alpha value is -2.25. The lowest BCUT2D eigenvalue weighted by molar-refractivity contribution is -0.174. The van der Waals surface area contributed by atoms with E-state index in [0.29, 0.717) is 12.8 Å². The zero-order valence-electron chi connectivity index (χ0n) is 19.0. The summed E-state index contributed by atoms with van der Waals surface area (Å²) in [5.74, 6) is -5.28. The van der Waals surface area contributed by atoms with Gasteiger partial charge in [0.2, 0.25) is 0 Å². The van der Waals surface area contributed by atoms with E-state index in [1.165, 1.54) is 0 Å². The van der Waals surface area contributed by atoms with Crippen LogP contribution in [-0.2, 0) is 24.0 Å². The molecule has 3 aliphatic carbocycles. The molecule has 3 aliphatic rings. The fraction of sp³-hybridized carbons (Fsp3) is 0.792. The number of Topliss-reactive ketones (excluding diaryl/α,β-unsaturated/α-hetero) is 2. The molecule has 0 radical (unpaired) electrons. The lowest BCUT2D eigenvalue weighted by Gasteiger charge is -2.56. The molecule has 0 aromatic carbocycles. The van der Waals surface area contributed by atoms with E-state index < -0.39 is 46.5 Å². The number of carboxylic acids is 3. The zero-order valence-corrected chi connectivity index (χ0v) is 19.0. The zero-order chi connectivity index (χ0) is 24.0. The first-order chi connectivity index (χ1) is 14.8. The van der Waals surface area contributed by atoms with Gasteiger partial charge >= 0.3 is 17.9 Å². The Morgan fingerprint density at radius 1 is 0.969 bits per heavy atom. The number of hydrogen-bond donors (Lipinski definition) is 3. The van der Waals surface area contributed by atoms with Crippen LogP contribution in [0.5, 0.6) is 0 Å². The maximum atomic E-state index is 13.6. The van der Waals surface area contributed by atoms with E-state index in [-0.39, 0.29) is 61.4 Å². The van der Waals surface area contributed by atoms with Crippen molar-refractivity contribution in [2.24, 2.45) is 46.3 Å². The molecule has 8 nitrogen and oxygen atoms in total. The molecule has 0 aliphatic heterocycles. The van der Waals surface area contributed by atoms with Crippen molar-refractivity contribution >= 4 is 29.5 Å². The predicted octanol–water partition coefficient (Wildman–Crippen LogP) is 3.27. The van der Waals surface area contributed by atoms with Crippen molar-refractivity contribution in [3.63, 3.8) is 0 Å². The quantitative estimate of drug-likeness (QED) is 0.511. The predicted molar refractivity (Wildman–Crippen MR) is 113 cm³/mol. The minimum atomic E-state index is -1.11. The summed E-state index contributed by atoms with van der Waals surface area (Å²) >= 11 is 0. The van der Waals surface area contributed by atoms with Crippen molar-refractivity contribution in [1.82, 2.24) is 0 Å². The molecule has 8 atom stereocenters. The minimum absolute atomic E-state index is 0.00816. The molecule has 0 heterocycles. The lowest BCUT2D eigenvalue weighted by atomic mass is 9.45. The SMILES string of the molecule is C[C@H](CCC(=O)O)[C@@H]1CC[C@@H]2[C@@H]3C(=O)C[C@H](C(=O)O)[C@](C)(CCC(=O)O)[C@@H]3CC(=O)[C@@]21C. The standard InChI is InChI=1S/C24H34O8/c1-12(4-7-19(27)28)13-5-6-14-21-15(11-18(26)24(13,14)3)23(2,9-8-20(29)30)16(22(31)32)10-17(21)25/h12-16,21H,4-11H2,1-3H3,(H,27,28)(H,29,30)(H,31,32)/t12-,13+,14-,15-,16-,21+,23-,24-/m1/s1. The highest BCUT2D eigenvalue weighted by molar-refractivity contribution is 5.94. The van der Waals surface area contributed by atoms with E-state index in [0.717, 1.165) is 6.42 Å². The van der Waals surface area contributed by atoms with Crippen molar-refractivity contribution < 1.29 is 39.3 Å². The van der Waals surface area contributed by atoms with Gasteiger partial charge in [0.25, 0.3) is 0 Å². The number of carbonyl (C=O) groups excluding carboxylic acids is 2. The van der Waals surface area contributed by atoms with E-state index in [4.69, 9.17) is 5.11 Å². The summed E-state index contributed by atoms with van der Waals surface area (Å²) in [6.45, 7) is 5.63. The van der Waals surface area contributed by atoms with E-state index in [2.05, 4.69) is 0 Å². The Bertz CT molecular complexity index is 834. The molecular formula is C24H34O8. The van der Waals surface area contributed by atoms with Crippen LogP contribution >= 0.6 is 0 Å². The summed E-state index contributed by atoms with van der Waals surface area (Å²) in [4.78, 5) is 61.3. The number of carboxylic acid groups (broad SMARTS) is 3. The van der Waals surface area contributed by atoms with Crippen molar-refractivity contribution in [3.8, 4) is 0 Å². The van der Waals surface area contributed by atoms with Gasteiger partial charge in [0.1, 0.15) is 11.6 Å². The van der Waals surface area contributed by atoms with Gasteiger partial charge in [0.05, 0.1) is 5.92 Å². The highest BCUT2D eigenvalue weighted by Crippen LogP contribution is 2.65. The smallest absolute Gasteiger partial charge is 0.307 e. The molecule has 178 valence electrons. The molecule has 0 saturated heterocycles. The van der Waals surface area contributed by atoms with Crippen LogP contribution in [0.3, 0.4) is 0 Å². The molecule has 3 N–H and O–H groups in total. The van der Waals surface area contributed by atoms with Crippen molar-refractivity contribution in [3.05, 3.63) is 0 Å². The van der Waals surface area contributed by atoms with Gasteiger partial charge in [-0.2, -0.15) is 0 Å². The number of carbonyl (C=O) groups is 5. The molecule has 3 rings (SSSR count). The van der Waals surface area contributed by atoms with Crippen molar-refractivity contribution in [2.75, 3.05) is 0 Å². The molecule has 0 unspecified atom stereocenters. The lowest BCUT2D eigenvalue weighted by Crippen LogP contribution is -2.60. The highest BCUT2D eigenvalue weighted by atomic mass is 16.4. The van der Waals surface area contributed by atoms with Crippen LogP contribution in [0.2, 0.25) is 0 Å². The normalized spacial score (nSPS) is 39.8. The van der Waals surface area contributed by atoms with Crippen LogP contribution in [-0.4, -0.2) is 44.8 Å². The summed E-state index contributed by atoms with van der Waals surface area (Å²) in [7, 11) is 0. The maximum absolute atomic E-state index is 13.6. The Morgan fingerprint density at radius 2 is 1.59 bits per heavy atom. The van der Waals surface area contributed by atoms with Crippen LogP contribution in [0.15, 0.2) is 0 Å². The summed E-state index contributed by atoms with van der Waals surface area (Å²) in [6, 6.07) is 0. The molecule has 0 bridgehead atoms. The average molecular weight is 451 g/mol. The van der Waals surface area contributed by atoms with E-state index >= 15 is 0 Å². The molecule has 0 amide bonds. The fourth-order valence-corrected chi connectivity index (χ4v) is 7.48. The summed E-state index contributed by atoms with van der Waals surface area (Å²) in [5.41, 5.74) is -1.69. The first-order valence-corrected chi connectivity index (χ1v) is 11.6. The molecule has 8 heteroatoms. The van der Waals surface area contributed by atoms with Crippen LogP contribution in [0.4, 0.5) is 0 Å². The summed E-state index contributed by atoms with van der Waals surface area (Å²) < 4.78 is 0. The number of rotatable bonds is 8. The first kappa shape index (κ1) is 24.4. The average Bonchev–Trinajstić information content (AvgIpc) is 3.06. The molecule has 3 fully saturated rings. The molecule has 32 heavy (non-hydrogen) atoms. The third kappa shape index (κ3) is 3.86. The number of aliphatic carboxylic acids is 3. The molecule has 3 saturated carbocycles. The summed E-state index contributed by atoms with van der Waals surface area (Å²) in [6.07, 6.45) is 1.76. The van der Waals surface area contributed by atoms with E-state index in [1.807, 2.05) is 13.8 Å². The molecular weight excluding hydrogens is 416 g/mol. The number of hydrogen-bond acceptors (Lipinski definition) is 5. The Labute approximate surface area is 187 Å². The van der Waals surface area contributed by atoms with Gasteiger partial charge in [-0.1, -0.05) is 20.8 Å². The largest absolute Gasteiger partial charge is 0.481 e. The number of fused-ring (bicyclic) bond motifs is 3. The third-order valence-corrected chi connectivity index (χ3v) is 9.30. The highest BCUT2D eigenvalue weighted by Gasteiger charge is 2.66. The number of ketones is 2. The topological polar surface area (TPSA) is 146 Å². The Balaban J connectivity index is 1.96. The summed E-state index contributed by atoms with van der Waals surface area (Å²) in [5, 5.41) is 28.1. The Morgan fingerprint density at radius 3 is 2.16 bits per heavy atom. The van der Waals surface area contributed by atoms with Crippen LogP contribution < -0.4 is 0 Å². The maximum Gasteiger partial charge on any atom is 0.307 e. The second-order valence-electron chi connectivity index (χ2n) is 10.7. The van der Waals surface area contributed by atoms with Gasteiger partial charge in [0.15, 0.2) is 0 Å². The van der Waals surface area contributed by atoms with Gasteiger partial charge < -0.3 is 15.3 Å². The van der Waals surface area contributed by atoms with Crippen LogP contribution in [0.25, 0.3) is 0 Å². The van der Waals surface area contributed by atoms with E-state index in [1.54, 1.807) is 6.92 Å². The van der Waals surface area contributed by atoms with Crippen molar-refractivity contribution in [1.29, 1.82) is 0 Å². The van der Waals surface area contributed by atoms with Gasteiger partial charge in [-0.3, -0.25) is 24.0 Å². The van der Waals surface area contributed by atoms with Gasteiger partial charge in [-0.15, -0.1) is 0 Å². The second-order valence-corrected chi connectivity index (χ2v) is 10.7. The van der Waals surface area contributed by atoms with Gasteiger partial charge in [-0.05, 0) is 54.8 Å². The minimum Gasteiger partial charge on any atom is -0.481 e. The second kappa shape index (κ2) is 8.60.